The molecule has 0 aromatic carbocycles. The molecule has 1 aromatic heterocycles. The summed E-state index contributed by atoms with van der Waals surface area (Å²) in [5, 5.41) is 0. The Morgan fingerprint density at radius 2 is 2.20 bits per heavy atom. The van der Waals surface area contributed by atoms with Gasteiger partial charge in [0.25, 0.3) is 0 Å². The molecular formula is C10H16N2O3. The van der Waals surface area contributed by atoms with Crippen LogP contribution in [0.5, 0.6) is 0 Å². The van der Waals surface area contributed by atoms with Crippen molar-refractivity contribution >= 4 is 5.69 Å². The second-order valence-electron chi connectivity index (χ2n) is 3.11. The summed E-state index contributed by atoms with van der Waals surface area (Å²) >= 11 is 0. The Labute approximate surface area is 88.4 Å². The van der Waals surface area contributed by atoms with Gasteiger partial charge in [0.15, 0.2) is 0 Å². The molecule has 15 heavy (non-hydrogen) atoms. The van der Waals surface area contributed by atoms with Crippen molar-refractivity contribution in [1.29, 1.82) is 0 Å². The summed E-state index contributed by atoms with van der Waals surface area (Å²) in [4.78, 5) is 11.0. The van der Waals surface area contributed by atoms with E-state index in [1.807, 2.05) is 4.57 Å². The van der Waals surface area contributed by atoms with Crippen LogP contribution < -0.4 is 11.2 Å². The molecule has 0 bridgehead atoms. The second-order valence-corrected chi connectivity index (χ2v) is 3.11. The van der Waals surface area contributed by atoms with Gasteiger partial charge in [-0.25, -0.2) is 0 Å². The summed E-state index contributed by atoms with van der Waals surface area (Å²) < 4.78 is 11.9. The third kappa shape index (κ3) is 4.14. The van der Waals surface area contributed by atoms with Crippen LogP contribution in [0.3, 0.4) is 0 Å². The van der Waals surface area contributed by atoms with E-state index in [0.29, 0.717) is 26.4 Å². The van der Waals surface area contributed by atoms with Crippen LogP contribution in [0.15, 0.2) is 23.3 Å². The van der Waals surface area contributed by atoms with E-state index in [2.05, 4.69) is 0 Å². The van der Waals surface area contributed by atoms with Crippen molar-refractivity contribution in [3.63, 3.8) is 0 Å². The highest BCUT2D eigenvalue weighted by atomic mass is 16.5. The molecule has 0 saturated carbocycles. The Bertz CT molecular complexity index is 349. The van der Waals surface area contributed by atoms with Gasteiger partial charge in [-0.2, -0.15) is 0 Å². The zero-order chi connectivity index (χ0) is 11.1. The monoisotopic (exact) mass is 212 g/mol. The van der Waals surface area contributed by atoms with Gasteiger partial charge in [0.05, 0.1) is 25.5 Å². The maximum absolute atomic E-state index is 11.0. The molecule has 1 heterocycles. The average molecular weight is 212 g/mol. The van der Waals surface area contributed by atoms with Gasteiger partial charge in [-0.05, 0) is 0 Å². The third-order valence-corrected chi connectivity index (χ3v) is 1.93. The summed E-state index contributed by atoms with van der Waals surface area (Å²) in [6.07, 6.45) is 3.31. The Hall–Kier alpha value is -1.33. The van der Waals surface area contributed by atoms with E-state index >= 15 is 0 Å². The molecule has 0 aliphatic rings. The van der Waals surface area contributed by atoms with Crippen LogP contribution in [0.2, 0.25) is 0 Å². The molecule has 5 heteroatoms. The van der Waals surface area contributed by atoms with Crippen molar-refractivity contribution in [2.24, 2.45) is 0 Å². The average Bonchev–Trinajstić information content (AvgIpc) is 2.23. The lowest BCUT2D eigenvalue weighted by Crippen LogP contribution is -2.14. The van der Waals surface area contributed by atoms with Crippen molar-refractivity contribution in [2.45, 2.75) is 6.54 Å². The number of nitrogen functional groups attached to an aromatic ring is 1. The van der Waals surface area contributed by atoms with E-state index in [4.69, 9.17) is 15.2 Å². The fourth-order valence-electron chi connectivity index (χ4n) is 1.10. The van der Waals surface area contributed by atoms with Crippen LogP contribution in [0.25, 0.3) is 0 Å². The van der Waals surface area contributed by atoms with Gasteiger partial charge in [-0.1, -0.05) is 0 Å². The molecule has 0 unspecified atom stereocenters. The zero-order valence-electron chi connectivity index (χ0n) is 8.81. The van der Waals surface area contributed by atoms with Crippen LogP contribution in [0, 0.1) is 0 Å². The predicted octanol–water partition coefficient (Wildman–Crippen LogP) is 0.0935. The van der Waals surface area contributed by atoms with E-state index in [0.717, 1.165) is 0 Å². The number of nitrogens with zero attached hydrogens (tertiary/aromatic N) is 1. The first-order valence-electron chi connectivity index (χ1n) is 4.76. The van der Waals surface area contributed by atoms with Gasteiger partial charge in [0.1, 0.15) is 0 Å². The van der Waals surface area contributed by atoms with E-state index in [9.17, 15) is 4.79 Å². The summed E-state index contributed by atoms with van der Waals surface area (Å²) in [7, 11) is 1.63. The van der Waals surface area contributed by atoms with Crippen LogP contribution in [0.1, 0.15) is 0 Å². The highest BCUT2D eigenvalue weighted by molar-refractivity contribution is 5.33. The van der Waals surface area contributed by atoms with E-state index < -0.39 is 0 Å². The summed E-state index contributed by atoms with van der Waals surface area (Å²) in [5.74, 6) is 0. The Balaban J connectivity index is 2.32. The molecule has 0 aliphatic heterocycles. The molecule has 5 nitrogen and oxygen atoms in total. The van der Waals surface area contributed by atoms with Gasteiger partial charge in [-0.15, -0.1) is 0 Å². The smallest absolute Gasteiger partial charge is 0.204 e. The number of ether oxygens (including phenoxy) is 2. The molecule has 0 aliphatic carbocycles. The topological polar surface area (TPSA) is 66.5 Å². The molecule has 1 aromatic rings. The Kier molecular flexibility index (Phi) is 4.86. The molecule has 0 spiro atoms. The minimum absolute atomic E-state index is 0.147. The lowest BCUT2D eigenvalue weighted by molar-refractivity contribution is 0.0666. The number of hydrogen-bond acceptors (Lipinski definition) is 4. The van der Waals surface area contributed by atoms with Gasteiger partial charge in [0, 0.05) is 32.1 Å². The molecule has 2 N–H and O–H groups in total. The highest BCUT2D eigenvalue weighted by Crippen LogP contribution is 1.93. The predicted molar refractivity (Wildman–Crippen MR) is 57.8 cm³/mol. The van der Waals surface area contributed by atoms with Crippen molar-refractivity contribution in [1.82, 2.24) is 4.57 Å². The Morgan fingerprint density at radius 1 is 1.40 bits per heavy atom. The quantitative estimate of drug-likeness (QED) is 0.679. The maximum atomic E-state index is 11.0. The summed E-state index contributed by atoms with van der Waals surface area (Å²) in [6, 6.07) is 1.45. The number of aromatic nitrogens is 1. The van der Waals surface area contributed by atoms with E-state index in [1.165, 1.54) is 6.07 Å². The number of hydrogen-bond donors (Lipinski definition) is 1. The first-order valence-corrected chi connectivity index (χ1v) is 4.76. The second kappa shape index (κ2) is 6.21. The van der Waals surface area contributed by atoms with E-state index in [1.54, 1.807) is 19.5 Å². The van der Waals surface area contributed by atoms with Crippen LogP contribution in [0.4, 0.5) is 5.69 Å². The zero-order valence-corrected chi connectivity index (χ0v) is 8.81. The van der Waals surface area contributed by atoms with Gasteiger partial charge in [0.2, 0.25) is 5.43 Å². The number of rotatable bonds is 6. The molecule has 0 fully saturated rings. The minimum Gasteiger partial charge on any atom is -0.394 e. The fraction of sp³-hybridized carbons (Fsp3) is 0.500. The van der Waals surface area contributed by atoms with Crippen LogP contribution in [-0.4, -0.2) is 31.5 Å². The standard InChI is InChI=1S/C10H16N2O3/c1-14-6-7-15-5-4-12-3-2-10(13)9(11)8-12/h2-3,8H,4-7,11H2,1H3. The minimum atomic E-state index is -0.147. The normalized spacial score (nSPS) is 10.5. The van der Waals surface area contributed by atoms with Crippen LogP contribution >= 0.6 is 0 Å². The van der Waals surface area contributed by atoms with Crippen molar-refractivity contribution in [2.75, 3.05) is 32.7 Å². The van der Waals surface area contributed by atoms with Gasteiger partial charge in [-0.3, -0.25) is 4.79 Å². The number of anilines is 1. The molecule has 0 atom stereocenters. The fourth-order valence-corrected chi connectivity index (χ4v) is 1.10. The third-order valence-electron chi connectivity index (χ3n) is 1.93. The molecule has 1 rings (SSSR count). The molecule has 0 saturated heterocycles. The number of pyridine rings is 1. The van der Waals surface area contributed by atoms with Gasteiger partial charge >= 0.3 is 0 Å². The largest absolute Gasteiger partial charge is 0.394 e. The lowest BCUT2D eigenvalue weighted by Gasteiger charge is -2.07. The van der Waals surface area contributed by atoms with Gasteiger partial charge < -0.3 is 19.8 Å². The first kappa shape index (κ1) is 11.7. The molecule has 0 amide bonds. The van der Waals surface area contributed by atoms with E-state index in [-0.39, 0.29) is 11.1 Å². The maximum Gasteiger partial charge on any atom is 0.204 e. The summed E-state index contributed by atoms with van der Waals surface area (Å²) in [5.41, 5.74) is 5.59. The number of methoxy groups -OCH3 is 1. The van der Waals surface area contributed by atoms with Crippen LogP contribution in [-0.2, 0) is 16.0 Å². The highest BCUT2D eigenvalue weighted by Gasteiger charge is 1.95. The molecule has 84 valence electrons. The van der Waals surface area contributed by atoms with Crippen molar-refractivity contribution in [3.8, 4) is 0 Å². The van der Waals surface area contributed by atoms with Crippen molar-refractivity contribution in [3.05, 3.63) is 28.7 Å². The molecule has 0 radical (unpaired) electrons. The summed E-state index contributed by atoms with van der Waals surface area (Å²) in [6.45, 7) is 2.42. The van der Waals surface area contributed by atoms with Crippen molar-refractivity contribution < 1.29 is 9.47 Å². The number of nitrogens with two attached hydrogens (primary N) is 1. The Morgan fingerprint density at radius 3 is 2.87 bits per heavy atom. The SMILES string of the molecule is COCCOCCn1ccc(=O)c(N)c1. The molecular weight excluding hydrogens is 196 g/mol. The first-order chi connectivity index (χ1) is 7.24. The lowest BCUT2D eigenvalue weighted by atomic mass is 10.4.